The Morgan fingerprint density at radius 2 is 1.00 bits per heavy atom. The normalized spacial score (nSPS) is 25.1. The van der Waals surface area contributed by atoms with Gasteiger partial charge < -0.3 is 40.2 Å². The molecule has 2 atom stereocenters. The number of carbonyl (C=O) groups excluding carboxylic acids is 3. The molecule has 2 fully saturated rings. The second-order valence-electron chi connectivity index (χ2n) is 12.2. The van der Waals surface area contributed by atoms with E-state index in [-0.39, 0.29) is 24.0 Å². The van der Waals surface area contributed by atoms with Crippen molar-refractivity contribution < 1.29 is 48.7 Å². The van der Waals surface area contributed by atoms with Crippen molar-refractivity contribution in [2.75, 3.05) is 7.11 Å². The molecule has 226 valence electrons. The first kappa shape index (κ1) is 34.4. The number of carboxylic acids is 1. The molecule has 0 heterocycles. The second kappa shape index (κ2) is 15.3. The lowest BCUT2D eigenvalue weighted by Crippen LogP contribution is -2.49. The Hall–Kier alpha value is -2.60. The SMILES string of the molecule is CC(C)(C)OC(=O)N[C@H](C(=O)O)C1CCC(O)CC1.COC(=O)[C@@H](NC(=O)OC(C)(C)C)C1CCC(O)CC1. The highest BCUT2D eigenvalue weighted by molar-refractivity contribution is 5.82. The van der Waals surface area contributed by atoms with Gasteiger partial charge in [0.15, 0.2) is 0 Å². The van der Waals surface area contributed by atoms with E-state index in [1.54, 1.807) is 41.5 Å². The number of ether oxygens (including phenoxy) is 3. The third kappa shape index (κ3) is 13.8. The molecule has 39 heavy (non-hydrogen) atoms. The van der Waals surface area contributed by atoms with Crippen LogP contribution in [0.1, 0.15) is 92.9 Å². The Morgan fingerprint density at radius 3 is 1.31 bits per heavy atom. The minimum absolute atomic E-state index is 0.0293. The van der Waals surface area contributed by atoms with Crippen molar-refractivity contribution in [1.82, 2.24) is 10.6 Å². The van der Waals surface area contributed by atoms with Crippen molar-refractivity contribution in [3.8, 4) is 0 Å². The zero-order chi connectivity index (χ0) is 30.0. The third-order valence-corrected chi connectivity index (χ3v) is 6.49. The molecule has 2 saturated carbocycles. The Balaban J connectivity index is 0.000000391. The van der Waals surface area contributed by atoms with Gasteiger partial charge in [0.2, 0.25) is 0 Å². The number of alkyl carbamates (subject to hydrolysis) is 2. The van der Waals surface area contributed by atoms with Gasteiger partial charge in [0, 0.05) is 0 Å². The van der Waals surface area contributed by atoms with Crippen molar-refractivity contribution in [2.24, 2.45) is 11.8 Å². The highest BCUT2D eigenvalue weighted by Gasteiger charge is 2.35. The van der Waals surface area contributed by atoms with Gasteiger partial charge in [-0.2, -0.15) is 0 Å². The van der Waals surface area contributed by atoms with Crippen LogP contribution in [-0.4, -0.2) is 82.0 Å². The highest BCUT2D eigenvalue weighted by Crippen LogP contribution is 2.28. The molecule has 0 spiro atoms. The number of aliphatic carboxylic acids is 1. The Bertz CT molecular complexity index is 804. The van der Waals surface area contributed by atoms with Crippen LogP contribution < -0.4 is 10.6 Å². The Morgan fingerprint density at radius 1 is 0.667 bits per heavy atom. The molecule has 12 nitrogen and oxygen atoms in total. The summed E-state index contributed by atoms with van der Waals surface area (Å²) in [6.07, 6.45) is 2.94. The van der Waals surface area contributed by atoms with Crippen molar-refractivity contribution in [3.05, 3.63) is 0 Å². The van der Waals surface area contributed by atoms with E-state index in [1.165, 1.54) is 7.11 Å². The van der Waals surface area contributed by atoms with Gasteiger partial charge in [0.05, 0.1) is 19.3 Å². The standard InChI is InChI=1S/C14H25NO5.C13H23NO5/c1-14(2,3)20-13(18)15-11(12(17)19-4)9-5-7-10(16)8-6-9;1-13(2,3)19-12(18)14-10(11(16)17)8-4-6-9(15)7-5-8/h9-11,16H,5-8H2,1-4H3,(H,15,18);8-10,15H,4-7H2,1-3H3,(H,14,18)(H,16,17)/t9?,10?,11-;8?,9?,10-/m00/s1. The van der Waals surface area contributed by atoms with Crippen LogP contribution in [0.3, 0.4) is 0 Å². The summed E-state index contributed by atoms with van der Waals surface area (Å²) < 4.78 is 15.0. The summed E-state index contributed by atoms with van der Waals surface area (Å²) in [5, 5.41) is 33.1. The fourth-order valence-corrected chi connectivity index (χ4v) is 4.62. The quantitative estimate of drug-likeness (QED) is 0.239. The van der Waals surface area contributed by atoms with Crippen LogP contribution >= 0.6 is 0 Å². The van der Waals surface area contributed by atoms with Gasteiger partial charge in [-0.25, -0.2) is 19.2 Å². The maximum atomic E-state index is 11.8. The van der Waals surface area contributed by atoms with Crippen LogP contribution in [0.25, 0.3) is 0 Å². The molecular weight excluding hydrogens is 512 g/mol. The number of hydrogen-bond donors (Lipinski definition) is 5. The number of nitrogens with one attached hydrogen (secondary N) is 2. The first-order valence-corrected chi connectivity index (χ1v) is 13.6. The molecule has 0 aromatic heterocycles. The molecule has 2 aliphatic carbocycles. The summed E-state index contributed by atoms with van der Waals surface area (Å²) in [6, 6.07) is -1.68. The predicted molar refractivity (Wildman–Crippen MR) is 142 cm³/mol. The van der Waals surface area contributed by atoms with Crippen molar-refractivity contribution in [3.63, 3.8) is 0 Å². The van der Waals surface area contributed by atoms with Crippen LogP contribution in [0.2, 0.25) is 0 Å². The molecule has 0 bridgehead atoms. The highest BCUT2D eigenvalue weighted by atomic mass is 16.6. The molecule has 0 aromatic carbocycles. The van der Waals surface area contributed by atoms with Crippen LogP contribution in [0, 0.1) is 11.8 Å². The summed E-state index contributed by atoms with van der Waals surface area (Å²) in [4.78, 5) is 46.5. The maximum Gasteiger partial charge on any atom is 0.408 e. The van der Waals surface area contributed by atoms with Gasteiger partial charge in [0.1, 0.15) is 23.3 Å². The zero-order valence-corrected chi connectivity index (χ0v) is 24.3. The molecule has 0 saturated heterocycles. The van der Waals surface area contributed by atoms with E-state index in [0.717, 1.165) is 0 Å². The second-order valence-corrected chi connectivity index (χ2v) is 12.2. The molecule has 2 aliphatic rings. The van der Waals surface area contributed by atoms with Gasteiger partial charge in [-0.05, 0) is 105 Å². The van der Waals surface area contributed by atoms with Crippen LogP contribution in [0.4, 0.5) is 9.59 Å². The predicted octanol–water partition coefficient (Wildman–Crippen LogP) is 3.12. The largest absolute Gasteiger partial charge is 0.480 e. The van der Waals surface area contributed by atoms with E-state index >= 15 is 0 Å². The van der Waals surface area contributed by atoms with E-state index in [2.05, 4.69) is 10.6 Å². The van der Waals surface area contributed by atoms with Gasteiger partial charge >= 0.3 is 24.1 Å². The molecular formula is C27H48N2O10. The van der Waals surface area contributed by atoms with E-state index < -0.39 is 47.4 Å². The lowest BCUT2D eigenvalue weighted by molar-refractivity contribution is -0.145. The molecule has 0 unspecified atom stereocenters. The van der Waals surface area contributed by atoms with Crippen molar-refractivity contribution in [2.45, 2.75) is 128 Å². The summed E-state index contributed by atoms with van der Waals surface area (Å²) in [5.41, 5.74) is -1.27. The molecule has 0 radical (unpaired) electrons. The topological polar surface area (TPSA) is 181 Å². The molecule has 5 N–H and O–H groups in total. The van der Waals surface area contributed by atoms with E-state index in [0.29, 0.717) is 51.4 Å². The molecule has 2 rings (SSSR count). The number of amides is 2. The average molecular weight is 561 g/mol. The number of aliphatic hydroxyl groups excluding tert-OH is 2. The number of rotatable bonds is 6. The Kier molecular flexibility index (Phi) is 13.5. The smallest absolute Gasteiger partial charge is 0.408 e. The van der Waals surface area contributed by atoms with Gasteiger partial charge in [-0.15, -0.1) is 0 Å². The number of esters is 1. The lowest BCUT2D eigenvalue weighted by atomic mass is 9.82. The van der Waals surface area contributed by atoms with E-state index in [4.69, 9.17) is 14.2 Å². The molecule has 0 aromatic rings. The summed E-state index contributed by atoms with van der Waals surface area (Å²) in [5.74, 6) is -1.73. The van der Waals surface area contributed by atoms with Crippen LogP contribution in [-0.2, 0) is 23.8 Å². The minimum Gasteiger partial charge on any atom is -0.480 e. The number of carboxylic acid groups (broad SMARTS) is 1. The van der Waals surface area contributed by atoms with Crippen molar-refractivity contribution >= 4 is 24.1 Å². The van der Waals surface area contributed by atoms with Crippen molar-refractivity contribution in [1.29, 1.82) is 0 Å². The number of aliphatic hydroxyl groups is 2. The van der Waals surface area contributed by atoms with Gasteiger partial charge in [-0.1, -0.05) is 0 Å². The Labute approximate surface area is 231 Å². The monoisotopic (exact) mass is 560 g/mol. The number of hydrogen-bond acceptors (Lipinski definition) is 9. The van der Waals surface area contributed by atoms with Gasteiger partial charge in [-0.3, -0.25) is 0 Å². The first-order chi connectivity index (χ1) is 17.9. The van der Waals surface area contributed by atoms with E-state index in [9.17, 15) is 34.5 Å². The van der Waals surface area contributed by atoms with Crippen LogP contribution in [0.15, 0.2) is 0 Å². The van der Waals surface area contributed by atoms with Gasteiger partial charge in [0.25, 0.3) is 0 Å². The fourth-order valence-electron chi connectivity index (χ4n) is 4.62. The maximum absolute atomic E-state index is 11.8. The fraction of sp³-hybridized carbons (Fsp3) is 0.852. The van der Waals surface area contributed by atoms with E-state index in [1.807, 2.05) is 0 Å². The lowest BCUT2D eigenvalue weighted by Gasteiger charge is -2.31. The summed E-state index contributed by atoms with van der Waals surface area (Å²) >= 11 is 0. The molecule has 0 aliphatic heterocycles. The molecule has 12 heteroatoms. The number of carbonyl (C=O) groups is 4. The zero-order valence-electron chi connectivity index (χ0n) is 24.3. The first-order valence-electron chi connectivity index (χ1n) is 13.6. The minimum atomic E-state index is -1.06. The summed E-state index contributed by atoms with van der Waals surface area (Å²) in [6.45, 7) is 10.4. The van der Waals surface area contributed by atoms with Crippen LogP contribution in [0.5, 0.6) is 0 Å². The average Bonchev–Trinajstić information content (AvgIpc) is 2.80. The summed E-state index contributed by atoms with van der Waals surface area (Å²) in [7, 11) is 1.30. The molecule has 2 amide bonds. The third-order valence-electron chi connectivity index (χ3n) is 6.49. The number of methoxy groups -OCH3 is 1.